The predicted octanol–water partition coefficient (Wildman–Crippen LogP) is 3.86. The van der Waals surface area contributed by atoms with Crippen LogP contribution in [-0.4, -0.2) is 16.9 Å². The second-order valence-corrected chi connectivity index (χ2v) is 5.42. The molecule has 4 heteroatoms. The molecule has 0 unspecified atom stereocenters. The molecule has 1 amide bonds. The van der Waals surface area contributed by atoms with Gasteiger partial charge in [0.05, 0.1) is 5.56 Å². The lowest BCUT2D eigenvalue weighted by Gasteiger charge is -2.06. The number of alkyl halides is 1. The number of hydrogen-bond acceptors (Lipinski definition) is 1. The van der Waals surface area contributed by atoms with Gasteiger partial charge in [-0.25, -0.2) is 4.39 Å². The molecule has 1 aromatic rings. The smallest absolute Gasteiger partial charge is 0.254 e. The SMILES string of the molecule is Cc1ccc(F)c(C(=O)NCCCCCCI)c1. The zero-order valence-electron chi connectivity index (χ0n) is 10.6. The van der Waals surface area contributed by atoms with Crippen LogP contribution in [0.5, 0.6) is 0 Å². The van der Waals surface area contributed by atoms with Crippen LogP contribution in [0.1, 0.15) is 41.6 Å². The Morgan fingerprint density at radius 1 is 1.28 bits per heavy atom. The van der Waals surface area contributed by atoms with Crippen molar-refractivity contribution in [2.45, 2.75) is 32.6 Å². The lowest BCUT2D eigenvalue weighted by Crippen LogP contribution is -2.25. The van der Waals surface area contributed by atoms with Crippen LogP contribution in [0.2, 0.25) is 0 Å². The molecular formula is C14H19FINO. The summed E-state index contributed by atoms with van der Waals surface area (Å²) in [5.74, 6) is -0.770. The summed E-state index contributed by atoms with van der Waals surface area (Å²) < 4.78 is 14.6. The number of nitrogens with one attached hydrogen (secondary N) is 1. The first-order valence-electron chi connectivity index (χ1n) is 6.25. The molecule has 18 heavy (non-hydrogen) atoms. The molecule has 0 saturated carbocycles. The molecule has 0 aromatic heterocycles. The normalized spacial score (nSPS) is 10.4. The highest BCUT2D eigenvalue weighted by atomic mass is 127. The van der Waals surface area contributed by atoms with Crippen molar-refractivity contribution in [1.29, 1.82) is 0 Å². The number of benzene rings is 1. The predicted molar refractivity (Wildman–Crippen MR) is 80.8 cm³/mol. The van der Waals surface area contributed by atoms with Crippen LogP contribution < -0.4 is 5.32 Å². The highest BCUT2D eigenvalue weighted by Gasteiger charge is 2.10. The Labute approximate surface area is 121 Å². The summed E-state index contributed by atoms with van der Waals surface area (Å²) in [6.07, 6.45) is 4.48. The molecule has 0 heterocycles. The molecule has 0 radical (unpaired) electrons. The van der Waals surface area contributed by atoms with E-state index in [1.807, 2.05) is 6.92 Å². The average Bonchev–Trinajstić information content (AvgIpc) is 2.36. The average molecular weight is 363 g/mol. The first-order chi connectivity index (χ1) is 8.65. The largest absolute Gasteiger partial charge is 0.352 e. The van der Waals surface area contributed by atoms with E-state index in [2.05, 4.69) is 27.9 Å². The molecule has 0 aliphatic heterocycles. The molecule has 0 fully saturated rings. The number of carbonyl (C=O) groups excluding carboxylic acids is 1. The number of carbonyl (C=O) groups is 1. The minimum absolute atomic E-state index is 0.141. The van der Waals surface area contributed by atoms with Gasteiger partial charge in [-0.05, 0) is 36.3 Å². The van der Waals surface area contributed by atoms with Gasteiger partial charge in [0.25, 0.3) is 5.91 Å². The minimum Gasteiger partial charge on any atom is -0.352 e. The van der Waals surface area contributed by atoms with Crippen molar-refractivity contribution in [2.75, 3.05) is 11.0 Å². The summed E-state index contributed by atoms with van der Waals surface area (Å²) in [5, 5.41) is 2.76. The number of halogens is 2. The van der Waals surface area contributed by atoms with Crippen LogP contribution in [0.25, 0.3) is 0 Å². The number of hydrogen-bond donors (Lipinski definition) is 1. The van der Waals surface area contributed by atoms with Gasteiger partial charge >= 0.3 is 0 Å². The van der Waals surface area contributed by atoms with Crippen molar-refractivity contribution < 1.29 is 9.18 Å². The monoisotopic (exact) mass is 363 g/mol. The fourth-order valence-electron chi connectivity index (χ4n) is 1.68. The van der Waals surface area contributed by atoms with Gasteiger partial charge in [0.1, 0.15) is 5.82 Å². The lowest BCUT2D eigenvalue weighted by molar-refractivity contribution is 0.0949. The quantitative estimate of drug-likeness (QED) is 0.445. The van der Waals surface area contributed by atoms with Gasteiger partial charge in [0, 0.05) is 6.54 Å². The van der Waals surface area contributed by atoms with Gasteiger partial charge in [0.15, 0.2) is 0 Å². The number of amides is 1. The maximum absolute atomic E-state index is 13.4. The van der Waals surface area contributed by atoms with E-state index in [9.17, 15) is 9.18 Å². The van der Waals surface area contributed by atoms with Crippen molar-refractivity contribution in [1.82, 2.24) is 5.32 Å². The van der Waals surface area contributed by atoms with Gasteiger partial charge in [0.2, 0.25) is 0 Å². The van der Waals surface area contributed by atoms with Crippen molar-refractivity contribution in [3.63, 3.8) is 0 Å². The highest BCUT2D eigenvalue weighted by molar-refractivity contribution is 14.1. The van der Waals surface area contributed by atoms with E-state index in [1.165, 1.54) is 23.3 Å². The summed E-state index contributed by atoms with van der Waals surface area (Å²) in [6, 6.07) is 4.58. The number of aryl methyl sites for hydroxylation is 1. The van der Waals surface area contributed by atoms with Gasteiger partial charge in [-0.2, -0.15) is 0 Å². The topological polar surface area (TPSA) is 29.1 Å². The van der Waals surface area contributed by atoms with E-state index in [1.54, 1.807) is 12.1 Å². The molecule has 0 bridgehead atoms. The zero-order chi connectivity index (χ0) is 13.4. The summed E-state index contributed by atoms with van der Waals surface area (Å²) in [7, 11) is 0. The Balaban J connectivity index is 2.34. The minimum atomic E-state index is -0.456. The number of unbranched alkanes of at least 4 members (excludes halogenated alkanes) is 3. The van der Waals surface area contributed by atoms with E-state index in [4.69, 9.17) is 0 Å². The maximum Gasteiger partial charge on any atom is 0.254 e. The van der Waals surface area contributed by atoms with E-state index in [0.717, 1.165) is 18.4 Å². The molecule has 0 aliphatic rings. The zero-order valence-corrected chi connectivity index (χ0v) is 12.8. The molecule has 1 rings (SSSR count). The third-order valence-electron chi connectivity index (χ3n) is 2.71. The van der Waals surface area contributed by atoms with E-state index < -0.39 is 5.82 Å². The first-order valence-corrected chi connectivity index (χ1v) is 7.78. The standard InChI is InChI=1S/C14H19FINO/c1-11-6-7-13(15)12(10-11)14(18)17-9-5-3-2-4-8-16/h6-7,10H,2-5,8-9H2,1H3,(H,17,18). The molecular weight excluding hydrogens is 344 g/mol. The maximum atomic E-state index is 13.4. The van der Waals surface area contributed by atoms with Crippen LogP contribution in [0, 0.1) is 12.7 Å². The molecule has 1 N–H and O–H groups in total. The molecule has 1 aromatic carbocycles. The van der Waals surface area contributed by atoms with Crippen LogP contribution in [0.15, 0.2) is 18.2 Å². The second-order valence-electron chi connectivity index (χ2n) is 4.34. The third-order valence-corrected chi connectivity index (χ3v) is 3.48. The van der Waals surface area contributed by atoms with Gasteiger partial charge in [-0.3, -0.25) is 4.79 Å². The Bertz CT molecular complexity index is 395. The molecule has 0 atom stereocenters. The molecule has 0 aliphatic carbocycles. The van der Waals surface area contributed by atoms with Crippen molar-refractivity contribution >= 4 is 28.5 Å². The van der Waals surface area contributed by atoms with E-state index in [-0.39, 0.29) is 11.5 Å². The van der Waals surface area contributed by atoms with Crippen molar-refractivity contribution in [3.8, 4) is 0 Å². The Morgan fingerprint density at radius 3 is 2.72 bits per heavy atom. The lowest BCUT2D eigenvalue weighted by atomic mass is 10.1. The summed E-state index contributed by atoms with van der Waals surface area (Å²) >= 11 is 2.36. The van der Waals surface area contributed by atoms with Crippen LogP contribution in [0.4, 0.5) is 4.39 Å². The first kappa shape index (κ1) is 15.4. The molecule has 0 spiro atoms. The number of rotatable bonds is 7. The third kappa shape index (κ3) is 5.33. The Hall–Kier alpha value is -0.650. The summed E-state index contributed by atoms with van der Waals surface area (Å²) in [6.45, 7) is 2.47. The highest BCUT2D eigenvalue weighted by Crippen LogP contribution is 2.10. The van der Waals surface area contributed by atoms with Gasteiger partial charge in [-0.15, -0.1) is 0 Å². The van der Waals surface area contributed by atoms with Crippen LogP contribution >= 0.6 is 22.6 Å². The van der Waals surface area contributed by atoms with E-state index in [0.29, 0.717) is 6.54 Å². The molecule has 100 valence electrons. The van der Waals surface area contributed by atoms with Gasteiger partial charge in [-0.1, -0.05) is 47.1 Å². The second kappa shape index (κ2) is 8.45. The Kier molecular flexibility index (Phi) is 7.23. The van der Waals surface area contributed by atoms with E-state index >= 15 is 0 Å². The van der Waals surface area contributed by atoms with Crippen molar-refractivity contribution in [2.24, 2.45) is 0 Å². The fraction of sp³-hybridized carbons (Fsp3) is 0.500. The van der Waals surface area contributed by atoms with Crippen LogP contribution in [0.3, 0.4) is 0 Å². The van der Waals surface area contributed by atoms with Gasteiger partial charge < -0.3 is 5.32 Å². The fourth-order valence-corrected chi connectivity index (χ4v) is 2.22. The summed E-state index contributed by atoms with van der Waals surface area (Å²) in [5.41, 5.74) is 1.03. The van der Waals surface area contributed by atoms with Crippen LogP contribution in [-0.2, 0) is 0 Å². The Morgan fingerprint density at radius 2 is 2.00 bits per heavy atom. The molecule has 2 nitrogen and oxygen atoms in total. The van der Waals surface area contributed by atoms with Crippen molar-refractivity contribution in [3.05, 3.63) is 35.1 Å². The molecule has 0 saturated heterocycles. The summed E-state index contributed by atoms with van der Waals surface area (Å²) in [4.78, 5) is 11.8.